The lowest BCUT2D eigenvalue weighted by atomic mass is 10.0. The molecule has 0 fully saturated rings. The van der Waals surface area contributed by atoms with Crippen LogP contribution in [0, 0.1) is 11.3 Å². The van der Waals surface area contributed by atoms with Gasteiger partial charge in [0.05, 0.1) is 18.0 Å². The zero-order chi connectivity index (χ0) is 18.8. The first kappa shape index (κ1) is 16.6. The van der Waals surface area contributed by atoms with Gasteiger partial charge in [-0.1, -0.05) is 29.5 Å². The molecule has 4 rings (SSSR count). The van der Waals surface area contributed by atoms with Crippen molar-refractivity contribution in [1.29, 1.82) is 5.26 Å². The Labute approximate surface area is 152 Å². The topological polar surface area (TPSA) is 115 Å². The SMILES string of the molecule is N#CC(C(=O)CCn1nnc2ccccc2c1=O)c1nc2ccccc2o1. The van der Waals surface area contributed by atoms with Crippen LogP contribution in [0.2, 0.25) is 0 Å². The number of nitriles is 1. The Bertz CT molecular complexity index is 1220. The van der Waals surface area contributed by atoms with E-state index in [1.807, 2.05) is 6.07 Å². The molecule has 0 spiro atoms. The second-order valence-electron chi connectivity index (χ2n) is 5.93. The van der Waals surface area contributed by atoms with Crippen molar-refractivity contribution in [1.82, 2.24) is 20.0 Å². The summed E-state index contributed by atoms with van der Waals surface area (Å²) in [6.45, 7) is 0.0217. The predicted molar refractivity (Wildman–Crippen MR) is 95.8 cm³/mol. The number of rotatable bonds is 5. The molecule has 0 bridgehead atoms. The van der Waals surface area contributed by atoms with Gasteiger partial charge in [-0.2, -0.15) is 5.26 Å². The van der Waals surface area contributed by atoms with Crippen molar-refractivity contribution < 1.29 is 9.21 Å². The van der Waals surface area contributed by atoms with Crippen molar-refractivity contribution in [3.8, 4) is 6.07 Å². The molecule has 2 aromatic heterocycles. The Morgan fingerprint density at radius 1 is 1.15 bits per heavy atom. The number of Topliss-reactive ketones (excluding diaryl/α,β-unsaturated/α-hetero) is 1. The number of fused-ring (bicyclic) bond motifs is 2. The van der Waals surface area contributed by atoms with E-state index >= 15 is 0 Å². The van der Waals surface area contributed by atoms with Crippen LogP contribution in [0.25, 0.3) is 22.0 Å². The Balaban J connectivity index is 1.55. The average molecular weight is 359 g/mol. The van der Waals surface area contributed by atoms with E-state index in [9.17, 15) is 14.9 Å². The minimum atomic E-state index is -1.14. The molecule has 8 heteroatoms. The highest BCUT2D eigenvalue weighted by atomic mass is 16.3. The summed E-state index contributed by atoms with van der Waals surface area (Å²) in [5.41, 5.74) is 1.25. The van der Waals surface area contributed by atoms with Gasteiger partial charge < -0.3 is 4.42 Å². The molecule has 1 unspecified atom stereocenters. The summed E-state index contributed by atoms with van der Waals surface area (Å²) >= 11 is 0. The van der Waals surface area contributed by atoms with E-state index in [0.29, 0.717) is 22.0 Å². The maximum absolute atomic E-state index is 12.5. The van der Waals surface area contributed by atoms with Crippen molar-refractivity contribution in [2.45, 2.75) is 18.9 Å². The van der Waals surface area contributed by atoms with Crippen LogP contribution in [-0.4, -0.2) is 25.8 Å². The van der Waals surface area contributed by atoms with Crippen LogP contribution in [0.5, 0.6) is 0 Å². The van der Waals surface area contributed by atoms with Crippen molar-refractivity contribution >= 4 is 27.8 Å². The van der Waals surface area contributed by atoms with E-state index in [-0.39, 0.29) is 24.4 Å². The number of oxazole rings is 1. The second kappa shape index (κ2) is 6.80. The number of benzene rings is 2. The summed E-state index contributed by atoms with van der Waals surface area (Å²) in [5.74, 6) is -1.48. The molecule has 1 atom stereocenters. The van der Waals surface area contributed by atoms with Crippen molar-refractivity contribution in [2.24, 2.45) is 0 Å². The number of carbonyl (C=O) groups is 1. The molecule has 8 nitrogen and oxygen atoms in total. The smallest absolute Gasteiger partial charge is 0.277 e. The van der Waals surface area contributed by atoms with Gasteiger partial charge in [-0.15, -0.1) is 5.10 Å². The first-order valence-electron chi connectivity index (χ1n) is 8.28. The fraction of sp³-hybridized carbons (Fsp3) is 0.158. The van der Waals surface area contributed by atoms with E-state index in [0.717, 1.165) is 4.68 Å². The van der Waals surface area contributed by atoms with Crippen LogP contribution in [0.1, 0.15) is 18.2 Å². The minimum absolute atomic E-state index is 0.0217. The number of carbonyl (C=O) groups excluding carboxylic acids is 1. The third-order valence-electron chi connectivity index (χ3n) is 4.21. The number of ketones is 1. The first-order chi connectivity index (χ1) is 13.2. The van der Waals surface area contributed by atoms with Gasteiger partial charge in [-0.25, -0.2) is 9.67 Å². The lowest BCUT2D eigenvalue weighted by molar-refractivity contribution is -0.120. The van der Waals surface area contributed by atoms with Crippen molar-refractivity contribution in [2.75, 3.05) is 0 Å². The molecule has 0 amide bonds. The molecule has 0 aliphatic heterocycles. The van der Waals surface area contributed by atoms with Gasteiger partial charge in [0.2, 0.25) is 5.89 Å². The highest BCUT2D eigenvalue weighted by molar-refractivity contribution is 5.88. The Morgan fingerprint density at radius 2 is 1.89 bits per heavy atom. The number of para-hydroxylation sites is 2. The largest absolute Gasteiger partial charge is 0.439 e. The normalized spacial score (nSPS) is 12.1. The molecule has 132 valence electrons. The second-order valence-corrected chi connectivity index (χ2v) is 5.93. The highest BCUT2D eigenvalue weighted by Crippen LogP contribution is 2.22. The molecular formula is C19H13N5O3. The van der Waals surface area contributed by atoms with Gasteiger partial charge in [-0.3, -0.25) is 9.59 Å². The van der Waals surface area contributed by atoms with E-state index < -0.39 is 11.7 Å². The number of hydrogen-bond donors (Lipinski definition) is 0. The van der Waals surface area contributed by atoms with Gasteiger partial charge in [0.1, 0.15) is 11.0 Å². The Morgan fingerprint density at radius 3 is 2.67 bits per heavy atom. The molecule has 4 aromatic rings. The van der Waals surface area contributed by atoms with Crippen LogP contribution in [0.15, 0.2) is 57.7 Å². The third-order valence-corrected chi connectivity index (χ3v) is 4.21. The molecule has 2 aromatic carbocycles. The van der Waals surface area contributed by atoms with Crippen molar-refractivity contribution in [3.05, 3.63) is 64.8 Å². The number of hydrogen-bond acceptors (Lipinski definition) is 7. The average Bonchev–Trinajstić information content (AvgIpc) is 3.12. The molecule has 0 N–H and O–H groups in total. The Kier molecular flexibility index (Phi) is 4.18. The summed E-state index contributed by atoms with van der Waals surface area (Å²) in [4.78, 5) is 29.1. The quantitative estimate of drug-likeness (QED) is 0.536. The molecule has 0 aliphatic rings. The highest BCUT2D eigenvalue weighted by Gasteiger charge is 2.25. The Hall–Kier alpha value is -3.86. The summed E-state index contributed by atoms with van der Waals surface area (Å²) < 4.78 is 6.65. The summed E-state index contributed by atoms with van der Waals surface area (Å²) in [5, 5.41) is 17.7. The van der Waals surface area contributed by atoms with Crippen LogP contribution < -0.4 is 5.56 Å². The number of aromatic nitrogens is 4. The minimum Gasteiger partial charge on any atom is -0.439 e. The molecule has 0 saturated heterocycles. The number of nitrogens with zero attached hydrogens (tertiary/aromatic N) is 5. The molecule has 0 aliphatic carbocycles. The zero-order valence-corrected chi connectivity index (χ0v) is 14.1. The van der Waals surface area contributed by atoms with Gasteiger partial charge in [0.25, 0.3) is 5.56 Å². The molecule has 0 radical (unpaired) electrons. The maximum atomic E-state index is 12.5. The maximum Gasteiger partial charge on any atom is 0.277 e. The standard InChI is InChI=1S/C19H13N5O3/c20-11-13(18-21-15-7-3-4-8-17(15)27-18)16(25)9-10-24-19(26)12-5-1-2-6-14(12)22-23-24/h1-8,13H,9-10H2. The van der Waals surface area contributed by atoms with Crippen LogP contribution in [0.3, 0.4) is 0 Å². The van der Waals surface area contributed by atoms with Gasteiger partial charge in [0, 0.05) is 6.42 Å². The van der Waals surface area contributed by atoms with E-state index in [1.165, 1.54) is 0 Å². The first-order valence-corrected chi connectivity index (χ1v) is 8.28. The third kappa shape index (κ3) is 3.06. The lowest BCUT2D eigenvalue weighted by Crippen LogP contribution is -2.26. The molecular weight excluding hydrogens is 346 g/mol. The molecule has 0 saturated carbocycles. The molecule has 27 heavy (non-hydrogen) atoms. The fourth-order valence-corrected chi connectivity index (χ4v) is 2.81. The lowest BCUT2D eigenvalue weighted by Gasteiger charge is -2.06. The monoisotopic (exact) mass is 359 g/mol. The van der Waals surface area contributed by atoms with E-state index in [1.54, 1.807) is 48.5 Å². The van der Waals surface area contributed by atoms with E-state index in [4.69, 9.17) is 4.42 Å². The predicted octanol–water partition coefficient (Wildman–Crippen LogP) is 2.20. The summed E-state index contributed by atoms with van der Waals surface area (Å²) in [6, 6.07) is 15.8. The zero-order valence-electron chi connectivity index (χ0n) is 14.1. The summed E-state index contributed by atoms with van der Waals surface area (Å²) in [6.07, 6.45) is -0.0656. The van der Waals surface area contributed by atoms with Crippen molar-refractivity contribution in [3.63, 3.8) is 0 Å². The van der Waals surface area contributed by atoms with Gasteiger partial charge in [-0.05, 0) is 24.3 Å². The van der Waals surface area contributed by atoms with Crippen LogP contribution in [0.4, 0.5) is 0 Å². The fourth-order valence-electron chi connectivity index (χ4n) is 2.81. The van der Waals surface area contributed by atoms with Crippen LogP contribution >= 0.6 is 0 Å². The molecule has 2 heterocycles. The summed E-state index contributed by atoms with van der Waals surface area (Å²) in [7, 11) is 0. The van der Waals surface area contributed by atoms with Gasteiger partial charge in [0.15, 0.2) is 17.3 Å². The number of aryl methyl sites for hydroxylation is 1. The van der Waals surface area contributed by atoms with E-state index in [2.05, 4.69) is 15.3 Å². The van der Waals surface area contributed by atoms with Gasteiger partial charge >= 0.3 is 0 Å². The van der Waals surface area contributed by atoms with Crippen LogP contribution in [-0.2, 0) is 11.3 Å².